The topological polar surface area (TPSA) is 39.7 Å². The van der Waals surface area contributed by atoms with Crippen molar-refractivity contribution in [1.29, 1.82) is 0 Å². The van der Waals surface area contributed by atoms with Crippen LogP contribution in [0.25, 0.3) is 0 Å². The molecule has 0 aromatic heterocycles. The molecule has 0 bridgehead atoms. The SMILES string of the molecule is CNC(COC)c1ccc2c(c1)OCCO2. The summed E-state index contributed by atoms with van der Waals surface area (Å²) in [4.78, 5) is 0. The fourth-order valence-corrected chi connectivity index (χ4v) is 1.79. The van der Waals surface area contributed by atoms with Crippen LogP contribution >= 0.6 is 0 Å². The largest absolute Gasteiger partial charge is 0.486 e. The molecule has 0 fully saturated rings. The number of methoxy groups -OCH3 is 1. The molecule has 4 heteroatoms. The number of nitrogens with one attached hydrogen (secondary N) is 1. The minimum Gasteiger partial charge on any atom is -0.486 e. The van der Waals surface area contributed by atoms with Crippen molar-refractivity contribution < 1.29 is 14.2 Å². The Morgan fingerprint density at radius 3 is 2.75 bits per heavy atom. The maximum Gasteiger partial charge on any atom is 0.161 e. The average Bonchev–Trinajstić information content (AvgIpc) is 2.35. The minimum atomic E-state index is 0.181. The lowest BCUT2D eigenvalue weighted by Crippen LogP contribution is -2.22. The summed E-state index contributed by atoms with van der Waals surface area (Å²) in [7, 11) is 3.61. The number of ether oxygens (including phenoxy) is 3. The van der Waals surface area contributed by atoms with Crippen molar-refractivity contribution in [3.63, 3.8) is 0 Å². The van der Waals surface area contributed by atoms with Crippen molar-refractivity contribution in [1.82, 2.24) is 5.32 Å². The van der Waals surface area contributed by atoms with Crippen molar-refractivity contribution in [2.75, 3.05) is 34.0 Å². The van der Waals surface area contributed by atoms with Gasteiger partial charge in [0.2, 0.25) is 0 Å². The van der Waals surface area contributed by atoms with E-state index < -0.39 is 0 Å². The Hall–Kier alpha value is -1.26. The number of rotatable bonds is 4. The number of likely N-dealkylation sites (N-methyl/N-ethyl adjacent to an activating group) is 1. The summed E-state index contributed by atoms with van der Waals surface area (Å²) in [6.07, 6.45) is 0. The molecule has 1 aromatic rings. The first kappa shape index (κ1) is 11.2. The molecule has 0 radical (unpaired) electrons. The summed E-state index contributed by atoms with van der Waals surface area (Å²) < 4.78 is 16.2. The zero-order chi connectivity index (χ0) is 11.4. The van der Waals surface area contributed by atoms with Crippen molar-refractivity contribution in [2.24, 2.45) is 0 Å². The first-order valence-electron chi connectivity index (χ1n) is 5.41. The lowest BCUT2D eigenvalue weighted by molar-refractivity contribution is 0.165. The molecule has 1 unspecified atom stereocenters. The summed E-state index contributed by atoms with van der Waals surface area (Å²) in [6.45, 7) is 1.88. The number of hydrogen-bond acceptors (Lipinski definition) is 4. The summed E-state index contributed by atoms with van der Waals surface area (Å²) >= 11 is 0. The molecule has 0 amide bonds. The van der Waals surface area contributed by atoms with Crippen LogP contribution in [0, 0.1) is 0 Å². The highest BCUT2D eigenvalue weighted by molar-refractivity contribution is 5.44. The molecule has 0 saturated carbocycles. The van der Waals surface area contributed by atoms with Gasteiger partial charge in [-0.3, -0.25) is 0 Å². The molecular weight excluding hydrogens is 206 g/mol. The Bertz CT molecular complexity index is 354. The third-order valence-corrected chi connectivity index (χ3v) is 2.65. The second-order valence-corrected chi connectivity index (χ2v) is 3.70. The normalized spacial score (nSPS) is 15.9. The standard InChI is InChI=1S/C12H17NO3/c1-13-10(8-14-2)9-3-4-11-12(7-9)16-6-5-15-11/h3-4,7,10,13H,5-6,8H2,1-2H3. The van der Waals surface area contributed by atoms with Crippen LogP contribution in [0.15, 0.2) is 18.2 Å². The zero-order valence-corrected chi connectivity index (χ0v) is 9.66. The molecule has 1 heterocycles. The van der Waals surface area contributed by atoms with Crippen LogP contribution in [0.4, 0.5) is 0 Å². The third-order valence-electron chi connectivity index (χ3n) is 2.65. The van der Waals surface area contributed by atoms with Gasteiger partial charge in [-0.25, -0.2) is 0 Å². The summed E-state index contributed by atoms with van der Waals surface area (Å²) in [5, 5.41) is 3.20. The van der Waals surface area contributed by atoms with E-state index >= 15 is 0 Å². The van der Waals surface area contributed by atoms with Gasteiger partial charge < -0.3 is 19.5 Å². The Morgan fingerprint density at radius 1 is 1.31 bits per heavy atom. The van der Waals surface area contributed by atoms with Gasteiger partial charge in [0.25, 0.3) is 0 Å². The monoisotopic (exact) mass is 223 g/mol. The van der Waals surface area contributed by atoms with Crippen LogP contribution in [0.3, 0.4) is 0 Å². The molecule has 88 valence electrons. The van der Waals surface area contributed by atoms with E-state index in [0.717, 1.165) is 17.1 Å². The van der Waals surface area contributed by atoms with E-state index in [4.69, 9.17) is 14.2 Å². The van der Waals surface area contributed by atoms with Crippen LogP contribution in [-0.4, -0.2) is 34.0 Å². The quantitative estimate of drug-likeness (QED) is 0.836. The van der Waals surface area contributed by atoms with E-state index in [1.165, 1.54) is 0 Å². The Morgan fingerprint density at radius 2 is 2.06 bits per heavy atom. The van der Waals surface area contributed by atoms with Gasteiger partial charge in [-0.2, -0.15) is 0 Å². The summed E-state index contributed by atoms with van der Waals surface area (Å²) in [5.41, 5.74) is 1.15. The molecule has 1 aliphatic rings. The van der Waals surface area contributed by atoms with Crippen molar-refractivity contribution in [2.45, 2.75) is 6.04 Å². The highest BCUT2D eigenvalue weighted by atomic mass is 16.6. The van der Waals surface area contributed by atoms with Gasteiger partial charge in [-0.05, 0) is 24.7 Å². The fourth-order valence-electron chi connectivity index (χ4n) is 1.79. The molecule has 2 rings (SSSR count). The molecule has 1 N–H and O–H groups in total. The van der Waals surface area contributed by atoms with Crippen LogP contribution in [-0.2, 0) is 4.74 Å². The predicted molar refractivity (Wildman–Crippen MR) is 61.1 cm³/mol. The maximum absolute atomic E-state index is 5.54. The second kappa shape index (κ2) is 5.18. The van der Waals surface area contributed by atoms with Crippen LogP contribution in [0.5, 0.6) is 11.5 Å². The first-order chi connectivity index (χ1) is 7.85. The fraction of sp³-hybridized carbons (Fsp3) is 0.500. The first-order valence-corrected chi connectivity index (χ1v) is 5.41. The third kappa shape index (κ3) is 2.28. The van der Waals surface area contributed by atoms with E-state index in [2.05, 4.69) is 5.32 Å². The predicted octanol–water partition coefficient (Wildman–Crippen LogP) is 1.36. The highest BCUT2D eigenvalue weighted by Gasteiger charge is 2.15. The van der Waals surface area contributed by atoms with Gasteiger partial charge in [0.15, 0.2) is 11.5 Å². The van der Waals surface area contributed by atoms with E-state index in [9.17, 15) is 0 Å². The second-order valence-electron chi connectivity index (χ2n) is 3.70. The van der Waals surface area contributed by atoms with Gasteiger partial charge in [-0.1, -0.05) is 6.07 Å². The van der Waals surface area contributed by atoms with E-state index in [1.54, 1.807) is 7.11 Å². The average molecular weight is 223 g/mol. The molecule has 4 nitrogen and oxygen atoms in total. The van der Waals surface area contributed by atoms with Gasteiger partial charge in [0.05, 0.1) is 12.6 Å². The summed E-state index contributed by atoms with van der Waals surface area (Å²) in [6, 6.07) is 6.17. The molecule has 1 aliphatic heterocycles. The molecule has 0 saturated heterocycles. The van der Waals surface area contributed by atoms with Crippen LogP contribution in [0.1, 0.15) is 11.6 Å². The van der Waals surface area contributed by atoms with Gasteiger partial charge in [0.1, 0.15) is 13.2 Å². The van der Waals surface area contributed by atoms with E-state index in [-0.39, 0.29) is 6.04 Å². The lowest BCUT2D eigenvalue weighted by Gasteiger charge is -2.21. The molecule has 1 aromatic carbocycles. The number of hydrogen-bond donors (Lipinski definition) is 1. The van der Waals surface area contributed by atoms with Gasteiger partial charge in [0, 0.05) is 7.11 Å². The van der Waals surface area contributed by atoms with Gasteiger partial charge >= 0.3 is 0 Å². The Labute approximate surface area is 95.5 Å². The zero-order valence-electron chi connectivity index (χ0n) is 9.66. The summed E-state index contributed by atoms with van der Waals surface area (Å²) in [5.74, 6) is 1.64. The van der Waals surface area contributed by atoms with Crippen molar-refractivity contribution in [3.05, 3.63) is 23.8 Å². The Balaban J connectivity index is 2.21. The van der Waals surface area contributed by atoms with Crippen molar-refractivity contribution >= 4 is 0 Å². The lowest BCUT2D eigenvalue weighted by atomic mass is 10.1. The maximum atomic E-state index is 5.54. The molecule has 0 spiro atoms. The number of benzene rings is 1. The highest BCUT2D eigenvalue weighted by Crippen LogP contribution is 2.32. The van der Waals surface area contributed by atoms with Crippen LogP contribution in [0.2, 0.25) is 0 Å². The van der Waals surface area contributed by atoms with E-state index in [1.807, 2.05) is 25.2 Å². The molecule has 16 heavy (non-hydrogen) atoms. The van der Waals surface area contributed by atoms with E-state index in [0.29, 0.717) is 19.8 Å². The minimum absolute atomic E-state index is 0.181. The smallest absolute Gasteiger partial charge is 0.161 e. The number of fused-ring (bicyclic) bond motifs is 1. The Kier molecular flexibility index (Phi) is 3.64. The molecule has 0 aliphatic carbocycles. The molecule has 1 atom stereocenters. The molecular formula is C12H17NO3. The van der Waals surface area contributed by atoms with Crippen molar-refractivity contribution in [3.8, 4) is 11.5 Å². The van der Waals surface area contributed by atoms with Crippen LogP contribution < -0.4 is 14.8 Å². The van der Waals surface area contributed by atoms with Gasteiger partial charge in [-0.15, -0.1) is 0 Å².